The van der Waals surface area contributed by atoms with E-state index in [0.29, 0.717) is 44.3 Å². The Bertz CT molecular complexity index is 1220. The Morgan fingerprint density at radius 3 is 1.53 bits per heavy atom. The maximum atomic E-state index is 11.7. The molecule has 0 bridgehead atoms. The summed E-state index contributed by atoms with van der Waals surface area (Å²) in [6, 6.07) is 22.5. The molecule has 0 aliphatic heterocycles. The SMILES string of the molecule is CCCCCCCCCCCCCCCCCCOc1ccc(C(=O)O)c(OCCCOc2ccc(OCc3ccccc3)cc2)c1.[Na+].[OH-]. The first-order valence-electron chi connectivity index (χ1n) is 18.2. The number of benzene rings is 3. The third-order valence-electron chi connectivity index (χ3n) is 8.34. The molecule has 0 amide bonds. The van der Waals surface area contributed by atoms with Crippen LogP contribution in [-0.4, -0.2) is 36.4 Å². The Balaban J connectivity index is 0.00000600. The maximum Gasteiger partial charge on any atom is 1.00 e. The number of ether oxygens (including phenoxy) is 4. The fourth-order valence-electron chi connectivity index (χ4n) is 5.53. The summed E-state index contributed by atoms with van der Waals surface area (Å²) in [6.45, 7) is 4.19. The summed E-state index contributed by atoms with van der Waals surface area (Å²) in [5, 5.41) is 9.61. The predicted octanol–water partition coefficient (Wildman–Crippen LogP) is 8.28. The quantitative estimate of drug-likeness (QED) is 0.0606. The first-order valence-corrected chi connectivity index (χ1v) is 18.2. The maximum absolute atomic E-state index is 11.7. The van der Waals surface area contributed by atoms with Crippen molar-refractivity contribution in [3.8, 4) is 23.0 Å². The number of aromatic carboxylic acids is 1. The number of unbranched alkanes of at least 4 members (excludes halogenated alkanes) is 15. The van der Waals surface area contributed by atoms with Gasteiger partial charge in [-0.25, -0.2) is 4.79 Å². The first-order chi connectivity index (χ1) is 23.2. The van der Waals surface area contributed by atoms with Crippen LogP contribution < -0.4 is 48.5 Å². The van der Waals surface area contributed by atoms with Crippen LogP contribution in [0.4, 0.5) is 0 Å². The standard InChI is InChI=1S/C41H58O6.Na.H2O/c1-2-3-4-5-6-7-8-9-10-11-12-13-14-15-16-20-30-45-38-28-29-39(41(42)43)40(33-38)46-32-21-31-44-36-24-26-37(27-25-36)47-34-35-22-18-17-19-23-35;;/h17-19,22-29,33H,2-16,20-21,30-32,34H2,1H3,(H,42,43);;1H2/q;+1;/p-1. The van der Waals surface area contributed by atoms with Crippen LogP contribution in [0.3, 0.4) is 0 Å². The van der Waals surface area contributed by atoms with E-state index in [1.165, 1.54) is 89.9 Å². The largest absolute Gasteiger partial charge is 1.00 e. The molecule has 3 rings (SSSR count). The molecule has 0 heterocycles. The van der Waals surface area contributed by atoms with Gasteiger partial charge in [0, 0.05) is 12.5 Å². The van der Waals surface area contributed by atoms with Gasteiger partial charge in [-0.2, -0.15) is 0 Å². The summed E-state index contributed by atoms with van der Waals surface area (Å²) in [7, 11) is 0. The number of carboxylic acids is 1. The number of rotatable bonds is 28. The fraction of sp³-hybridized carbons (Fsp3) is 0.537. The monoisotopic (exact) mass is 686 g/mol. The number of hydrogen-bond donors (Lipinski definition) is 1. The molecule has 0 atom stereocenters. The summed E-state index contributed by atoms with van der Waals surface area (Å²) in [4.78, 5) is 11.7. The molecule has 0 aromatic heterocycles. The molecule has 266 valence electrons. The molecule has 0 saturated heterocycles. The predicted molar refractivity (Wildman–Crippen MR) is 193 cm³/mol. The summed E-state index contributed by atoms with van der Waals surface area (Å²) in [5.41, 5.74) is 1.25. The summed E-state index contributed by atoms with van der Waals surface area (Å²) in [5.74, 6) is 1.46. The molecule has 0 aliphatic rings. The zero-order chi connectivity index (χ0) is 33.2. The van der Waals surface area contributed by atoms with Crippen molar-refractivity contribution in [3.63, 3.8) is 0 Å². The molecule has 0 aliphatic carbocycles. The van der Waals surface area contributed by atoms with Gasteiger partial charge in [-0.1, -0.05) is 134 Å². The minimum Gasteiger partial charge on any atom is -0.870 e. The average molecular weight is 687 g/mol. The Morgan fingerprint density at radius 1 is 0.531 bits per heavy atom. The van der Waals surface area contributed by atoms with Crippen LogP contribution in [0.15, 0.2) is 72.8 Å². The topological polar surface area (TPSA) is 104 Å². The third kappa shape index (κ3) is 20.5. The van der Waals surface area contributed by atoms with Crippen molar-refractivity contribution in [3.05, 3.63) is 83.9 Å². The van der Waals surface area contributed by atoms with E-state index < -0.39 is 5.97 Å². The number of carboxylic acid groups (broad SMARTS) is 1. The van der Waals surface area contributed by atoms with Crippen molar-refractivity contribution in [2.45, 2.75) is 123 Å². The Kier molecular flexibility index (Phi) is 26.3. The van der Waals surface area contributed by atoms with Gasteiger partial charge in [-0.05, 0) is 48.4 Å². The summed E-state index contributed by atoms with van der Waals surface area (Å²) in [6.07, 6.45) is 22.0. The third-order valence-corrected chi connectivity index (χ3v) is 8.34. The Hall–Kier alpha value is -2.71. The zero-order valence-corrected chi connectivity index (χ0v) is 32.2. The van der Waals surface area contributed by atoms with E-state index in [1.807, 2.05) is 54.6 Å². The van der Waals surface area contributed by atoms with Crippen LogP contribution in [0, 0.1) is 0 Å². The van der Waals surface area contributed by atoms with Gasteiger partial charge in [0.2, 0.25) is 0 Å². The van der Waals surface area contributed by atoms with Crippen molar-refractivity contribution >= 4 is 5.97 Å². The average Bonchev–Trinajstić information content (AvgIpc) is 3.09. The molecule has 0 spiro atoms. The van der Waals surface area contributed by atoms with Crippen LogP contribution in [0.2, 0.25) is 0 Å². The van der Waals surface area contributed by atoms with Gasteiger partial charge in [0.1, 0.15) is 35.2 Å². The molecular weight excluding hydrogens is 627 g/mol. The van der Waals surface area contributed by atoms with E-state index in [-0.39, 0.29) is 40.6 Å². The summed E-state index contributed by atoms with van der Waals surface area (Å²) < 4.78 is 23.4. The van der Waals surface area contributed by atoms with E-state index in [0.717, 1.165) is 29.9 Å². The van der Waals surface area contributed by atoms with Crippen molar-refractivity contribution in [2.75, 3.05) is 19.8 Å². The van der Waals surface area contributed by atoms with Crippen molar-refractivity contribution in [1.29, 1.82) is 0 Å². The second kappa shape index (κ2) is 29.1. The summed E-state index contributed by atoms with van der Waals surface area (Å²) >= 11 is 0. The van der Waals surface area contributed by atoms with Crippen LogP contribution >= 0.6 is 0 Å². The minimum absolute atomic E-state index is 0. The number of hydrogen-bond acceptors (Lipinski definition) is 6. The molecule has 0 unspecified atom stereocenters. The van der Waals surface area contributed by atoms with E-state index in [4.69, 9.17) is 18.9 Å². The van der Waals surface area contributed by atoms with Crippen molar-refractivity contribution in [2.24, 2.45) is 0 Å². The molecule has 0 radical (unpaired) electrons. The van der Waals surface area contributed by atoms with Crippen LogP contribution in [0.25, 0.3) is 0 Å². The minimum atomic E-state index is -1.02. The molecule has 3 aromatic carbocycles. The van der Waals surface area contributed by atoms with Crippen LogP contribution in [0.5, 0.6) is 23.0 Å². The van der Waals surface area contributed by atoms with Gasteiger partial charge in [0.25, 0.3) is 0 Å². The molecule has 8 heteroatoms. The molecular formula is C41H59NaO7. The van der Waals surface area contributed by atoms with Gasteiger partial charge in [-0.3, -0.25) is 0 Å². The smallest absolute Gasteiger partial charge is 0.870 e. The molecule has 3 aromatic rings. The molecule has 49 heavy (non-hydrogen) atoms. The second-order valence-corrected chi connectivity index (χ2v) is 12.4. The van der Waals surface area contributed by atoms with Crippen LogP contribution in [0.1, 0.15) is 132 Å². The van der Waals surface area contributed by atoms with E-state index >= 15 is 0 Å². The number of carbonyl (C=O) groups is 1. The van der Waals surface area contributed by atoms with Gasteiger partial charge in [0.15, 0.2) is 0 Å². The Morgan fingerprint density at radius 2 is 0.980 bits per heavy atom. The van der Waals surface area contributed by atoms with Gasteiger partial charge >= 0.3 is 35.5 Å². The van der Waals surface area contributed by atoms with Crippen molar-refractivity contribution < 1.29 is 63.9 Å². The molecule has 0 saturated carbocycles. The van der Waals surface area contributed by atoms with E-state index in [2.05, 4.69) is 6.92 Å². The van der Waals surface area contributed by atoms with Crippen molar-refractivity contribution in [1.82, 2.24) is 0 Å². The normalized spacial score (nSPS) is 10.5. The zero-order valence-electron chi connectivity index (χ0n) is 30.2. The van der Waals surface area contributed by atoms with Gasteiger partial charge in [-0.15, -0.1) is 0 Å². The molecule has 2 N–H and O–H groups in total. The fourth-order valence-corrected chi connectivity index (χ4v) is 5.53. The Labute approximate surface area is 317 Å². The molecule has 7 nitrogen and oxygen atoms in total. The first kappa shape index (κ1) is 44.3. The van der Waals surface area contributed by atoms with Gasteiger partial charge in [0.05, 0.1) is 19.8 Å². The van der Waals surface area contributed by atoms with E-state index in [1.54, 1.807) is 18.2 Å². The van der Waals surface area contributed by atoms with Crippen LogP contribution in [-0.2, 0) is 6.61 Å². The second-order valence-electron chi connectivity index (χ2n) is 12.4. The van der Waals surface area contributed by atoms with Gasteiger partial charge < -0.3 is 29.5 Å². The van der Waals surface area contributed by atoms with E-state index in [9.17, 15) is 9.90 Å². The molecule has 0 fully saturated rings.